The van der Waals surface area contributed by atoms with Crippen LogP contribution in [0.3, 0.4) is 0 Å². The van der Waals surface area contributed by atoms with Crippen LogP contribution in [-0.4, -0.2) is 42.5 Å². The predicted octanol–water partition coefficient (Wildman–Crippen LogP) is 2.68. The van der Waals surface area contributed by atoms with E-state index in [9.17, 15) is 4.39 Å². The first-order chi connectivity index (χ1) is 8.67. The molecule has 1 unspecified atom stereocenters. The van der Waals surface area contributed by atoms with E-state index in [1.807, 2.05) is 0 Å². The third kappa shape index (κ3) is 1.67. The van der Waals surface area contributed by atoms with E-state index in [2.05, 4.69) is 5.01 Å². The summed E-state index contributed by atoms with van der Waals surface area (Å²) in [6.07, 6.45) is 0.222. The van der Waals surface area contributed by atoms with Gasteiger partial charge in [-0.3, -0.25) is 0 Å². The second-order valence-corrected chi connectivity index (χ2v) is 11.4. The number of quaternary nitrogens is 1. The molecule has 3 nitrogen and oxygen atoms in total. The van der Waals surface area contributed by atoms with Crippen molar-refractivity contribution >= 4 is 31.7 Å². The molecular weight excluding hydrogens is 370 g/mol. The normalized spacial score (nSPS) is 32.4. The van der Waals surface area contributed by atoms with E-state index in [0.29, 0.717) is 10.8 Å². The number of fused-ring (bicyclic) bond motifs is 1. The van der Waals surface area contributed by atoms with Crippen LogP contribution in [0.4, 0.5) is 4.39 Å². The van der Waals surface area contributed by atoms with Gasteiger partial charge in [-0.2, -0.15) is 0 Å². The van der Waals surface area contributed by atoms with Crippen molar-refractivity contribution in [2.75, 3.05) is 28.6 Å². The molecule has 18 heavy (non-hydrogen) atoms. The Balaban J connectivity index is 1.37. The van der Waals surface area contributed by atoms with Crippen molar-refractivity contribution in [3.05, 3.63) is 29.0 Å². The molecule has 1 aromatic rings. The Hall–Kier alpha value is -0.110. The number of hydrogen-bond donors (Lipinski definition) is 0. The summed E-state index contributed by atoms with van der Waals surface area (Å²) in [5, 5.41) is 2.92. The average Bonchev–Trinajstić information content (AvgIpc) is 2.78. The molecule has 1 atom stereocenters. The third-order valence-electron chi connectivity index (χ3n) is 3.87. The van der Waals surface area contributed by atoms with Crippen LogP contribution in [0.25, 0.3) is 0 Å². The molecular formula is C12H14ClFIN2O+. The van der Waals surface area contributed by atoms with Crippen LogP contribution >= 0.6 is 31.7 Å². The molecule has 0 aromatic heterocycles. The standard InChI is InChI=1S/C12H14ClFIN2O/c13-11-5-9(14)1-2-12(11)18-10-6-16(7-10)17-4-3-15(17)8-17/h1-2,5,10H,3-4,6-8H2/q+1. The number of ether oxygens (including phenoxy) is 1. The van der Waals surface area contributed by atoms with Gasteiger partial charge in [-0.25, -0.2) is 0 Å². The van der Waals surface area contributed by atoms with Crippen molar-refractivity contribution < 1.29 is 11.9 Å². The van der Waals surface area contributed by atoms with Crippen molar-refractivity contribution in [3.63, 3.8) is 0 Å². The summed E-state index contributed by atoms with van der Waals surface area (Å²) in [6, 6.07) is 4.31. The third-order valence-corrected chi connectivity index (χ3v) is 11.0. The van der Waals surface area contributed by atoms with Gasteiger partial charge in [-0.15, -0.1) is 0 Å². The fourth-order valence-electron chi connectivity index (χ4n) is 2.61. The molecule has 98 valence electrons. The van der Waals surface area contributed by atoms with Gasteiger partial charge in [0.25, 0.3) is 0 Å². The van der Waals surface area contributed by atoms with Crippen LogP contribution < -0.4 is 4.74 Å². The van der Waals surface area contributed by atoms with Crippen LogP contribution in [0.1, 0.15) is 0 Å². The van der Waals surface area contributed by atoms with Gasteiger partial charge in [0.2, 0.25) is 0 Å². The van der Waals surface area contributed by atoms with Crippen molar-refractivity contribution in [2.45, 2.75) is 6.10 Å². The molecule has 0 amide bonds. The maximum atomic E-state index is 12.9. The molecule has 3 fully saturated rings. The summed E-state index contributed by atoms with van der Waals surface area (Å²) in [5.74, 6) is 0.285. The van der Waals surface area contributed by atoms with Gasteiger partial charge in [-0.1, -0.05) is 0 Å². The number of halogens is 3. The van der Waals surface area contributed by atoms with E-state index in [1.165, 1.54) is 30.5 Å². The minimum atomic E-state index is -0.521. The average molecular weight is 384 g/mol. The van der Waals surface area contributed by atoms with E-state index in [4.69, 9.17) is 16.3 Å². The summed E-state index contributed by atoms with van der Waals surface area (Å²) < 4.78 is 23.1. The SMILES string of the molecule is Fc1ccc(OC2CN([N+]34CCI3C4)C2)c(Cl)c1. The van der Waals surface area contributed by atoms with Gasteiger partial charge < -0.3 is 0 Å². The Bertz CT molecular complexity index is 507. The number of alkyl halides is 2. The van der Waals surface area contributed by atoms with Gasteiger partial charge >= 0.3 is 118 Å². The molecule has 0 aliphatic carbocycles. The Labute approximate surface area is 118 Å². The summed E-state index contributed by atoms with van der Waals surface area (Å²) in [6.45, 7) is 3.37. The molecule has 3 heterocycles. The zero-order valence-corrected chi connectivity index (χ0v) is 12.7. The molecule has 0 bridgehead atoms. The zero-order valence-electron chi connectivity index (χ0n) is 9.78. The number of nitrogens with zero attached hydrogens (tertiary/aromatic N) is 2. The van der Waals surface area contributed by atoms with Crippen LogP contribution in [0.2, 0.25) is 5.02 Å². The molecule has 3 saturated heterocycles. The topological polar surface area (TPSA) is 12.5 Å². The molecule has 3 aliphatic rings. The van der Waals surface area contributed by atoms with Crippen molar-refractivity contribution in [3.8, 4) is 5.75 Å². The van der Waals surface area contributed by atoms with Crippen LogP contribution in [0, 0.1) is 5.82 Å². The summed E-state index contributed by atoms with van der Waals surface area (Å²) in [7, 11) is 0. The fourth-order valence-corrected chi connectivity index (χ4v) is 9.75. The molecule has 3 aliphatic heterocycles. The second-order valence-electron chi connectivity index (χ2n) is 4.97. The first-order valence-electron chi connectivity index (χ1n) is 6.04. The monoisotopic (exact) mass is 383 g/mol. The number of benzene rings is 1. The number of hydrogen-bond acceptors (Lipinski definition) is 2. The van der Waals surface area contributed by atoms with Crippen LogP contribution in [0.15, 0.2) is 18.2 Å². The fraction of sp³-hybridized carbons (Fsp3) is 0.500. The van der Waals surface area contributed by atoms with Crippen LogP contribution in [-0.2, 0) is 0 Å². The molecule has 0 spiro atoms. The zero-order chi connectivity index (χ0) is 12.3. The van der Waals surface area contributed by atoms with Crippen LogP contribution in [0.5, 0.6) is 5.75 Å². The number of rotatable bonds is 3. The molecule has 0 saturated carbocycles. The predicted molar refractivity (Wildman–Crippen MR) is 76.3 cm³/mol. The molecule has 0 radical (unpaired) electrons. The van der Waals surface area contributed by atoms with Crippen molar-refractivity contribution in [2.24, 2.45) is 0 Å². The van der Waals surface area contributed by atoms with E-state index >= 15 is 0 Å². The van der Waals surface area contributed by atoms with Gasteiger partial charge in [0.05, 0.1) is 0 Å². The quantitative estimate of drug-likeness (QED) is 0.262. The Morgan fingerprint density at radius 1 is 1.44 bits per heavy atom. The van der Waals surface area contributed by atoms with Crippen molar-refractivity contribution in [1.29, 1.82) is 0 Å². The summed E-state index contributed by atoms with van der Waals surface area (Å²) in [5.41, 5.74) is 0. The Morgan fingerprint density at radius 2 is 2.28 bits per heavy atom. The van der Waals surface area contributed by atoms with E-state index < -0.39 is 20.1 Å². The Kier molecular flexibility index (Phi) is 2.56. The van der Waals surface area contributed by atoms with E-state index in [1.54, 1.807) is 6.07 Å². The summed E-state index contributed by atoms with van der Waals surface area (Å²) in [4.78, 5) is 0. The maximum absolute atomic E-state index is 12.9. The van der Waals surface area contributed by atoms with E-state index in [0.717, 1.165) is 13.1 Å². The Morgan fingerprint density at radius 3 is 2.83 bits per heavy atom. The molecule has 4 rings (SSSR count). The summed E-state index contributed by atoms with van der Waals surface area (Å²) >= 11 is 5.43. The van der Waals surface area contributed by atoms with Gasteiger partial charge in [0, 0.05) is 0 Å². The molecule has 1 aromatic carbocycles. The molecule has 6 heteroatoms. The first kappa shape index (κ1) is 11.7. The van der Waals surface area contributed by atoms with Gasteiger partial charge in [-0.05, 0) is 0 Å². The minimum absolute atomic E-state index is 0.222. The first-order valence-corrected chi connectivity index (χ1v) is 10.4. The molecule has 0 N–H and O–H groups in total. The van der Waals surface area contributed by atoms with Gasteiger partial charge in [0.15, 0.2) is 0 Å². The van der Waals surface area contributed by atoms with Gasteiger partial charge in [0.1, 0.15) is 0 Å². The van der Waals surface area contributed by atoms with E-state index in [-0.39, 0.29) is 11.9 Å². The second kappa shape index (κ2) is 3.94. The van der Waals surface area contributed by atoms with Crippen molar-refractivity contribution in [1.82, 2.24) is 5.01 Å².